The van der Waals surface area contributed by atoms with Gasteiger partial charge in [0.05, 0.1) is 6.61 Å². The van der Waals surface area contributed by atoms with E-state index in [1.807, 2.05) is 12.1 Å². The smallest absolute Gasteiger partial charge is 0.0615 e. The molecule has 1 N–H and O–H groups in total. The molecule has 86 valence electrons. The Morgan fingerprint density at radius 1 is 0.824 bits per heavy atom. The van der Waals surface area contributed by atoms with E-state index in [4.69, 9.17) is 5.11 Å². The lowest BCUT2D eigenvalue weighted by Crippen LogP contribution is -1.87. The van der Waals surface area contributed by atoms with Gasteiger partial charge in [-0.3, -0.25) is 0 Å². The molecule has 2 aromatic rings. The molecule has 0 aliphatic heterocycles. The molecular weight excluding hydrogens is 208 g/mol. The molecule has 0 aromatic heterocycles. The predicted octanol–water partition coefficient (Wildman–Crippen LogP) is 3.28. The molecular formula is C16H16O. The van der Waals surface area contributed by atoms with Crippen molar-refractivity contribution < 1.29 is 5.11 Å². The fraction of sp³-hybridized carbons (Fsp3) is 0.125. The summed E-state index contributed by atoms with van der Waals surface area (Å²) in [7, 11) is 0. The molecule has 0 saturated carbocycles. The Kier molecular flexibility index (Phi) is 4.11. The van der Waals surface area contributed by atoms with Crippen LogP contribution in [0.1, 0.15) is 16.7 Å². The van der Waals surface area contributed by atoms with Crippen LogP contribution in [0.4, 0.5) is 0 Å². The first-order valence-corrected chi connectivity index (χ1v) is 5.79. The van der Waals surface area contributed by atoms with Gasteiger partial charge < -0.3 is 5.11 Å². The second-order valence-corrected chi connectivity index (χ2v) is 3.99. The van der Waals surface area contributed by atoms with Crippen LogP contribution < -0.4 is 0 Å². The molecule has 0 unspecified atom stereocenters. The average Bonchev–Trinajstić information content (AvgIpc) is 2.39. The van der Waals surface area contributed by atoms with Crippen molar-refractivity contribution in [2.45, 2.75) is 6.42 Å². The summed E-state index contributed by atoms with van der Waals surface area (Å²) in [6.45, 7) is 0.0891. The number of rotatable bonds is 4. The van der Waals surface area contributed by atoms with Gasteiger partial charge in [0.25, 0.3) is 0 Å². The summed E-state index contributed by atoms with van der Waals surface area (Å²) in [6, 6.07) is 18.8. The fourth-order valence-electron chi connectivity index (χ4n) is 1.77. The predicted molar refractivity (Wildman–Crippen MR) is 71.8 cm³/mol. The fourth-order valence-corrected chi connectivity index (χ4v) is 1.77. The number of benzene rings is 2. The van der Waals surface area contributed by atoms with Gasteiger partial charge in [0, 0.05) is 0 Å². The zero-order chi connectivity index (χ0) is 11.9. The van der Waals surface area contributed by atoms with Crippen LogP contribution in [0.2, 0.25) is 0 Å². The van der Waals surface area contributed by atoms with Gasteiger partial charge >= 0.3 is 0 Å². The second kappa shape index (κ2) is 6.02. The van der Waals surface area contributed by atoms with Gasteiger partial charge in [-0.2, -0.15) is 0 Å². The highest BCUT2D eigenvalue weighted by Gasteiger charge is 1.95. The minimum absolute atomic E-state index is 0.0891. The van der Waals surface area contributed by atoms with Crippen molar-refractivity contribution in [2.75, 3.05) is 6.61 Å². The van der Waals surface area contributed by atoms with E-state index in [9.17, 15) is 0 Å². The number of aliphatic hydroxyl groups is 1. The van der Waals surface area contributed by atoms with Gasteiger partial charge in [0.2, 0.25) is 0 Å². The van der Waals surface area contributed by atoms with Crippen molar-refractivity contribution in [1.82, 2.24) is 0 Å². The summed E-state index contributed by atoms with van der Waals surface area (Å²) in [6.07, 6.45) is 4.63. The van der Waals surface area contributed by atoms with Crippen LogP contribution in [0.25, 0.3) is 6.08 Å². The van der Waals surface area contributed by atoms with Crippen molar-refractivity contribution in [2.24, 2.45) is 0 Å². The first-order chi connectivity index (χ1) is 8.38. The molecule has 0 aliphatic carbocycles. The Bertz CT molecular complexity index is 469. The molecule has 17 heavy (non-hydrogen) atoms. The summed E-state index contributed by atoms with van der Waals surface area (Å²) in [5, 5.41) is 8.69. The molecule has 2 rings (SSSR count). The van der Waals surface area contributed by atoms with Crippen molar-refractivity contribution in [3.05, 3.63) is 77.4 Å². The number of hydrogen-bond acceptors (Lipinski definition) is 1. The molecule has 0 atom stereocenters. The van der Waals surface area contributed by atoms with Crippen LogP contribution in [0, 0.1) is 0 Å². The van der Waals surface area contributed by atoms with Gasteiger partial charge in [0.15, 0.2) is 0 Å². The zero-order valence-electron chi connectivity index (χ0n) is 9.71. The normalized spacial score (nSPS) is 10.9. The first kappa shape index (κ1) is 11.6. The van der Waals surface area contributed by atoms with Crippen LogP contribution in [-0.2, 0) is 6.42 Å². The van der Waals surface area contributed by atoms with Crippen LogP contribution in [0.3, 0.4) is 0 Å². The van der Waals surface area contributed by atoms with Crippen LogP contribution >= 0.6 is 0 Å². The Morgan fingerprint density at radius 3 is 2.12 bits per heavy atom. The van der Waals surface area contributed by atoms with Gasteiger partial charge in [-0.1, -0.05) is 66.7 Å². The maximum Gasteiger partial charge on any atom is 0.0615 e. The van der Waals surface area contributed by atoms with Crippen molar-refractivity contribution >= 4 is 6.08 Å². The van der Waals surface area contributed by atoms with E-state index in [0.717, 1.165) is 12.0 Å². The third-order valence-electron chi connectivity index (χ3n) is 2.65. The number of aliphatic hydroxyl groups excluding tert-OH is 1. The first-order valence-electron chi connectivity index (χ1n) is 5.79. The maximum atomic E-state index is 8.69. The van der Waals surface area contributed by atoms with Gasteiger partial charge in [-0.15, -0.1) is 0 Å². The third kappa shape index (κ3) is 3.58. The van der Waals surface area contributed by atoms with Crippen molar-refractivity contribution in [3.63, 3.8) is 0 Å². The highest BCUT2D eigenvalue weighted by atomic mass is 16.2. The lowest BCUT2D eigenvalue weighted by molar-refractivity contribution is 0.343. The van der Waals surface area contributed by atoms with Crippen LogP contribution in [-0.4, -0.2) is 11.7 Å². The summed E-state index contributed by atoms with van der Waals surface area (Å²) in [5.74, 6) is 0. The highest BCUT2D eigenvalue weighted by molar-refractivity contribution is 5.49. The largest absolute Gasteiger partial charge is 0.392 e. The Hall–Kier alpha value is -1.86. The molecule has 0 bridgehead atoms. The van der Waals surface area contributed by atoms with E-state index in [2.05, 4.69) is 48.5 Å². The molecule has 1 heteroatoms. The molecule has 0 heterocycles. The summed E-state index contributed by atoms with van der Waals surface area (Å²) >= 11 is 0. The Morgan fingerprint density at radius 2 is 1.47 bits per heavy atom. The highest BCUT2D eigenvalue weighted by Crippen LogP contribution is 2.11. The molecule has 0 saturated heterocycles. The van der Waals surface area contributed by atoms with E-state index in [1.165, 1.54) is 11.1 Å². The van der Waals surface area contributed by atoms with E-state index >= 15 is 0 Å². The summed E-state index contributed by atoms with van der Waals surface area (Å²) < 4.78 is 0. The van der Waals surface area contributed by atoms with Crippen LogP contribution in [0.15, 0.2) is 60.7 Å². The second-order valence-electron chi connectivity index (χ2n) is 3.99. The zero-order valence-corrected chi connectivity index (χ0v) is 9.71. The lowest BCUT2D eigenvalue weighted by Gasteiger charge is -2.02. The Labute approximate surface area is 102 Å². The molecule has 0 amide bonds. The number of hydrogen-bond donors (Lipinski definition) is 1. The summed E-state index contributed by atoms with van der Waals surface area (Å²) in [5.41, 5.74) is 3.75. The molecule has 0 aliphatic rings. The van der Waals surface area contributed by atoms with E-state index in [0.29, 0.717) is 0 Å². The molecule has 0 spiro atoms. The quantitative estimate of drug-likeness (QED) is 0.845. The monoisotopic (exact) mass is 224 g/mol. The van der Waals surface area contributed by atoms with Crippen molar-refractivity contribution in [1.29, 1.82) is 0 Å². The molecule has 2 aromatic carbocycles. The van der Waals surface area contributed by atoms with Crippen LogP contribution in [0.5, 0.6) is 0 Å². The third-order valence-corrected chi connectivity index (χ3v) is 2.65. The van der Waals surface area contributed by atoms with E-state index in [-0.39, 0.29) is 6.61 Å². The minimum atomic E-state index is 0.0891. The maximum absolute atomic E-state index is 8.69. The average molecular weight is 224 g/mol. The van der Waals surface area contributed by atoms with E-state index in [1.54, 1.807) is 6.08 Å². The topological polar surface area (TPSA) is 20.2 Å². The van der Waals surface area contributed by atoms with Gasteiger partial charge in [-0.05, 0) is 23.1 Å². The standard InChI is InChI=1S/C16H16O/c17-12-4-7-14-8-10-16(11-9-14)13-15-5-2-1-3-6-15/h1-11,17H,12-13H2/b7-4+. The Balaban J connectivity index is 2.06. The SMILES string of the molecule is OC/C=C/c1ccc(Cc2ccccc2)cc1. The van der Waals surface area contributed by atoms with Gasteiger partial charge in [-0.25, -0.2) is 0 Å². The van der Waals surface area contributed by atoms with E-state index < -0.39 is 0 Å². The molecule has 0 radical (unpaired) electrons. The van der Waals surface area contributed by atoms with Crippen molar-refractivity contribution in [3.8, 4) is 0 Å². The molecule has 0 fully saturated rings. The summed E-state index contributed by atoms with van der Waals surface area (Å²) in [4.78, 5) is 0. The van der Waals surface area contributed by atoms with Gasteiger partial charge in [0.1, 0.15) is 0 Å². The molecule has 1 nitrogen and oxygen atoms in total. The minimum Gasteiger partial charge on any atom is -0.392 e. The lowest BCUT2D eigenvalue weighted by atomic mass is 10.0.